The molecule has 0 aliphatic rings. The fourth-order valence-corrected chi connectivity index (χ4v) is 2.52. The lowest BCUT2D eigenvalue weighted by Crippen LogP contribution is -2.21. The number of nitrogens with one attached hydrogen (secondary N) is 1. The van der Waals surface area contributed by atoms with E-state index < -0.39 is 0 Å². The number of carbonyl (C=O) groups is 1. The number of fused-ring (bicyclic) bond motifs is 1. The predicted octanol–water partition coefficient (Wildman–Crippen LogP) is 3.83. The monoisotopic (exact) mass is 285 g/mol. The van der Waals surface area contributed by atoms with Crippen LogP contribution in [0.1, 0.15) is 38.3 Å². The van der Waals surface area contributed by atoms with E-state index in [1.165, 1.54) is 16.3 Å². The van der Waals surface area contributed by atoms with Crippen molar-refractivity contribution in [1.82, 2.24) is 5.32 Å². The average molecular weight is 285 g/mol. The van der Waals surface area contributed by atoms with Crippen LogP contribution in [0.5, 0.6) is 0 Å². The topological polar surface area (TPSA) is 38.3 Å². The van der Waals surface area contributed by atoms with Crippen molar-refractivity contribution in [2.24, 2.45) is 0 Å². The number of hydrogen-bond acceptors (Lipinski definition) is 3. The van der Waals surface area contributed by atoms with Gasteiger partial charge in [-0.2, -0.15) is 0 Å². The minimum absolute atomic E-state index is 0.114. The molecule has 1 N–H and O–H groups in total. The third kappa shape index (κ3) is 4.30. The van der Waals surface area contributed by atoms with Crippen molar-refractivity contribution in [3.05, 3.63) is 48.0 Å². The second-order valence-electron chi connectivity index (χ2n) is 5.15. The van der Waals surface area contributed by atoms with Crippen LogP contribution in [0.2, 0.25) is 0 Å². The standard InChI is InChI=1S/C18H23NO2/c1-3-21-18(20)12-7-13-19-14(2)16-11-6-9-15-8-4-5-10-17(15)16/h4-6,8-11,14,19H,3,7,12-13H2,1-2H3. The molecule has 2 aromatic carbocycles. The SMILES string of the molecule is CCOC(=O)CCCNC(C)c1cccc2ccccc12. The first-order valence-electron chi connectivity index (χ1n) is 7.59. The van der Waals surface area contributed by atoms with E-state index >= 15 is 0 Å². The Balaban J connectivity index is 1.90. The lowest BCUT2D eigenvalue weighted by atomic mass is 9.99. The van der Waals surface area contributed by atoms with Crippen LogP contribution in [0.4, 0.5) is 0 Å². The Labute approximate surface area is 126 Å². The number of rotatable bonds is 7. The van der Waals surface area contributed by atoms with Gasteiger partial charge in [-0.05, 0) is 43.1 Å². The Morgan fingerprint density at radius 1 is 1.19 bits per heavy atom. The number of carbonyl (C=O) groups excluding carboxylic acids is 1. The number of benzene rings is 2. The molecular formula is C18H23NO2. The number of hydrogen-bond donors (Lipinski definition) is 1. The van der Waals surface area contributed by atoms with Gasteiger partial charge in [-0.15, -0.1) is 0 Å². The summed E-state index contributed by atoms with van der Waals surface area (Å²) in [5.41, 5.74) is 1.30. The molecule has 21 heavy (non-hydrogen) atoms. The van der Waals surface area contributed by atoms with Gasteiger partial charge in [-0.25, -0.2) is 0 Å². The van der Waals surface area contributed by atoms with Crippen LogP contribution < -0.4 is 5.32 Å². The molecule has 1 atom stereocenters. The van der Waals surface area contributed by atoms with Gasteiger partial charge >= 0.3 is 5.97 Å². The van der Waals surface area contributed by atoms with E-state index in [0.29, 0.717) is 13.0 Å². The van der Waals surface area contributed by atoms with Crippen LogP contribution in [0.15, 0.2) is 42.5 Å². The Morgan fingerprint density at radius 3 is 2.76 bits per heavy atom. The maximum atomic E-state index is 11.3. The molecular weight excluding hydrogens is 262 g/mol. The summed E-state index contributed by atoms with van der Waals surface area (Å²) in [6, 6.07) is 15.1. The highest BCUT2D eigenvalue weighted by atomic mass is 16.5. The molecule has 112 valence electrons. The smallest absolute Gasteiger partial charge is 0.305 e. The highest BCUT2D eigenvalue weighted by Crippen LogP contribution is 2.23. The van der Waals surface area contributed by atoms with Crippen LogP contribution in [0.3, 0.4) is 0 Å². The van der Waals surface area contributed by atoms with Gasteiger partial charge in [0, 0.05) is 12.5 Å². The zero-order valence-electron chi connectivity index (χ0n) is 12.8. The highest BCUT2D eigenvalue weighted by Gasteiger charge is 2.08. The van der Waals surface area contributed by atoms with E-state index in [0.717, 1.165) is 13.0 Å². The zero-order chi connectivity index (χ0) is 15.1. The third-order valence-electron chi connectivity index (χ3n) is 3.60. The van der Waals surface area contributed by atoms with E-state index in [9.17, 15) is 4.79 Å². The van der Waals surface area contributed by atoms with E-state index in [4.69, 9.17) is 4.74 Å². The van der Waals surface area contributed by atoms with E-state index in [-0.39, 0.29) is 12.0 Å². The first-order valence-corrected chi connectivity index (χ1v) is 7.59. The quantitative estimate of drug-likeness (QED) is 0.620. The van der Waals surface area contributed by atoms with Gasteiger partial charge in [0.1, 0.15) is 0 Å². The minimum atomic E-state index is -0.114. The second-order valence-corrected chi connectivity index (χ2v) is 5.15. The van der Waals surface area contributed by atoms with E-state index in [2.05, 4.69) is 54.7 Å². The molecule has 0 bridgehead atoms. The first-order chi connectivity index (χ1) is 10.2. The number of ether oxygens (including phenoxy) is 1. The van der Waals surface area contributed by atoms with Crippen LogP contribution in [-0.2, 0) is 9.53 Å². The summed E-state index contributed by atoms with van der Waals surface area (Å²) < 4.78 is 4.92. The van der Waals surface area contributed by atoms with Crippen LogP contribution >= 0.6 is 0 Å². The summed E-state index contributed by atoms with van der Waals surface area (Å²) in [6.07, 6.45) is 1.27. The molecule has 0 amide bonds. The first kappa shape index (κ1) is 15.5. The molecule has 2 aromatic rings. The molecule has 0 aromatic heterocycles. The molecule has 0 fully saturated rings. The van der Waals surface area contributed by atoms with Crippen LogP contribution in [0.25, 0.3) is 10.8 Å². The van der Waals surface area contributed by atoms with Gasteiger partial charge in [-0.3, -0.25) is 4.79 Å². The molecule has 0 heterocycles. The predicted molar refractivity (Wildman–Crippen MR) is 86.2 cm³/mol. The molecule has 0 spiro atoms. The Hall–Kier alpha value is -1.87. The largest absolute Gasteiger partial charge is 0.466 e. The summed E-state index contributed by atoms with van der Waals surface area (Å²) in [4.78, 5) is 11.3. The van der Waals surface area contributed by atoms with E-state index in [1.807, 2.05) is 6.92 Å². The van der Waals surface area contributed by atoms with Gasteiger partial charge in [0.05, 0.1) is 6.61 Å². The molecule has 0 aliphatic carbocycles. The summed E-state index contributed by atoms with van der Waals surface area (Å²) >= 11 is 0. The molecule has 0 aliphatic heterocycles. The van der Waals surface area contributed by atoms with Gasteiger partial charge < -0.3 is 10.1 Å². The van der Waals surface area contributed by atoms with Gasteiger partial charge in [0.2, 0.25) is 0 Å². The summed E-state index contributed by atoms with van der Waals surface area (Å²) in [7, 11) is 0. The minimum Gasteiger partial charge on any atom is -0.466 e. The van der Waals surface area contributed by atoms with Crippen molar-refractivity contribution < 1.29 is 9.53 Å². The van der Waals surface area contributed by atoms with Gasteiger partial charge in [0.25, 0.3) is 0 Å². The second kappa shape index (κ2) is 7.79. The number of esters is 1. The Kier molecular flexibility index (Phi) is 5.76. The summed E-state index contributed by atoms with van der Waals surface area (Å²) in [5, 5.41) is 6.02. The third-order valence-corrected chi connectivity index (χ3v) is 3.60. The van der Waals surface area contributed by atoms with Crippen molar-refractivity contribution in [3.8, 4) is 0 Å². The normalized spacial score (nSPS) is 12.3. The highest BCUT2D eigenvalue weighted by molar-refractivity contribution is 5.86. The van der Waals surface area contributed by atoms with Crippen molar-refractivity contribution in [1.29, 1.82) is 0 Å². The summed E-state index contributed by atoms with van der Waals surface area (Å²) in [6.45, 7) is 5.26. The molecule has 0 saturated heterocycles. The average Bonchev–Trinajstić information content (AvgIpc) is 2.51. The molecule has 1 unspecified atom stereocenters. The van der Waals surface area contributed by atoms with Gasteiger partial charge in [-0.1, -0.05) is 42.5 Å². The summed E-state index contributed by atoms with van der Waals surface area (Å²) in [5.74, 6) is -0.114. The molecule has 0 radical (unpaired) electrons. The van der Waals surface area contributed by atoms with Crippen LogP contribution in [0, 0.1) is 0 Å². The van der Waals surface area contributed by atoms with Crippen molar-refractivity contribution in [2.45, 2.75) is 32.7 Å². The molecule has 3 nitrogen and oxygen atoms in total. The Morgan fingerprint density at radius 2 is 1.95 bits per heavy atom. The van der Waals surface area contributed by atoms with Gasteiger partial charge in [0.15, 0.2) is 0 Å². The maximum absolute atomic E-state index is 11.3. The van der Waals surface area contributed by atoms with Crippen molar-refractivity contribution in [2.75, 3.05) is 13.2 Å². The fourth-order valence-electron chi connectivity index (χ4n) is 2.52. The molecule has 2 rings (SSSR count). The lowest BCUT2D eigenvalue weighted by molar-refractivity contribution is -0.143. The Bertz CT molecular complexity index is 589. The van der Waals surface area contributed by atoms with E-state index in [1.54, 1.807) is 0 Å². The fraction of sp³-hybridized carbons (Fsp3) is 0.389. The molecule has 3 heteroatoms. The van der Waals surface area contributed by atoms with Crippen LogP contribution in [-0.4, -0.2) is 19.1 Å². The zero-order valence-corrected chi connectivity index (χ0v) is 12.8. The lowest BCUT2D eigenvalue weighted by Gasteiger charge is -2.16. The maximum Gasteiger partial charge on any atom is 0.305 e. The van der Waals surface area contributed by atoms with Crippen molar-refractivity contribution >= 4 is 16.7 Å². The molecule has 0 saturated carbocycles. The van der Waals surface area contributed by atoms with Crippen molar-refractivity contribution in [3.63, 3.8) is 0 Å².